The number of carbonyl (C=O) groups excluding carboxylic acids is 1. The molecule has 128 valence electrons. The smallest absolute Gasteiger partial charge is 0.410 e. The molecule has 0 saturated carbocycles. The van der Waals surface area contributed by atoms with E-state index in [1.807, 2.05) is 25.7 Å². The third-order valence-corrected chi connectivity index (χ3v) is 4.78. The quantitative estimate of drug-likeness (QED) is 0.749. The molecule has 0 radical (unpaired) electrons. The number of likely N-dealkylation sites (tertiary alicyclic amines) is 1. The number of rotatable bonds is 2. The first-order chi connectivity index (χ1) is 10.7. The third-order valence-electron chi connectivity index (χ3n) is 4.15. The molecule has 1 saturated heterocycles. The van der Waals surface area contributed by atoms with Crippen molar-refractivity contribution in [2.24, 2.45) is 0 Å². The number of aryl methyl sites for hydroxylation is 1. The lowest BCUT2D eigenvalue weighted by Gasteiger charge is -2.38. The van der Waals surface area contributed by atoms with E-state index in [1.165, 1.54) is 11.3 Å². The molecule has 1 amide bonds. The summed E-state index contributed by atoms with van der Waals surface area (Å²) >= 11 is 3.66. The van der Waals surface area contributed by atoms with Crippen LogP contribution in [0.15, 0.2) is 22.7 Å². The molecule has 1 aliphatic rings. The van der Waals surface area contributed by atoms with E-state index in [-0.39, 0.29) is 6.09 Å². The van der Waals surface area contributed by atoms with E-state index in [4.69, 9.17) is 4.74 Å². The standard InChI is InChI=1S/C18H27BrN2O2/c1-13-6-7-16(15(19)12-13)20(5)14-8-10-21(11-9-14)17(22)23-18(2,3)4/h6-7,12,14H,8-11H2,1-5H3. The first-order valence-electron chi connectivity index (χ1n) is 8.14. The predicted octanol–water partition coefficient (Wildman–Crippen LogP) is 4.59. The molecular formula is C18H27BrN2O2. The van der Waals surface area contributed by atoms with Crippen LogP contribution in [0.2, 0.25) is 0 Å². The minimum atomic E-state index is -0.433. The summed E-state index contributed by atoms with van der Waals surface area (Å²) in [4.78, 5) is 16.3. The fraction of sp³-hybridized carbons (Fsp3) is 0.611. The van der Waals surface area contributed by atoms with Crippen molar-refractivity contribution in [3.63, 3.8) is 0 Å². The van der Waals surface area contributed by atoms with Gasteiger partial charge in [0.15, 0.2) is 0 Å². The fourth-order valence-corrected chi connectivity index (χ4v) is 3.63. The van der Waals surface area contributed by atoms with Crippen molar-refractivity contribution < 1.29 is 9.53 Å². The molecule has 1 aromatic carbocycles. The first-order valence-corrected chi connectivity index (χ1v) is 8.93. The molecule has 0 bridgehead atoms. The second-order valence-electron chi connectivity index (χ2n) is 7.26. The second-order valence-corrected chi connectivity index (χ2v) is 8.12. The maximum Gasteiger partial charge on any atom is 0.410 e. The maximum atomic E-state index is 12.1. The topological polar surface area (TPSA) is 32.8 Å². The Balaban J connectivity index is 1.95. The number of piperidine rings is 1. The van der Waals surface area contributed by atoms with Gasteiger partial charge >= 0.3 is 6.09 Å². The average Bonchev–Trinajstić information content (AvgIpc) is 2.45. The van der Waals surface area contributed by atoms with Gasteiger partial charge in [-0.3, -0.25) is 0 Å². The lowest BCUT2D eigenvalue weighted by atomic mass is 10.0. The highest BCUT2D eigenvalue weighted by Crippen LogP contribution is 2.30. The second kappa shape index (κ2) is 7.12. The Hall–Kier alpha value is -1.23. The average molecular weight is 383 g/mol. The lowest BCUT2D eigenvalue weighted by Crippen LogP contribution is -2.47. The third kappa shape index (κ3) is 4.87. The summed E-state index contributed by atoms with van der Waals surface area (Å²) in [7, 11) is 2.13. The fourth-order valence-electron chi connectivity index (χ4n) is 2.86. The Kier molecular flexibility index (Phi) is 5.61. The molecule has 0 aromatic heterocycles. The molecule has 23 heavy (non-hydrogen) atoms. The molecule has 0 atom stereocenters. The van der Waals surface area contributed by atoms with Crippen LogP contribution in [0.3, 0.4) is 0 Å². The van der Waals surface area contributed by atoms with Crippen LogP contribution in [-0.4, -0.2) is 42.8 Å². The van der Waals surface area contributed by atoms with Gasteiger partial charge in [-0.25, -0.2) is 4.79 Å². The van der Waals surface area contributed by atoms with Crippen LogP contribution < -0.4 is 4.90 Å². The lowest BCUT2D eigenvalue weighted by molar-refractivity contribution is 0.0205. The number of benzene rings is 1. The Morgan fingerprint density at radius 3 is 2.43 bits per heavy atom. The Bertz CT molecular complexity index is 561. The Morgan fingerprint density at radius 1 is 1.30 bits per heavy atom. The zero-order valence-electron chi connectivity index (χ0n) is 14.7. The van der Waals surface area contributed by atoms with Crippen LogP contribution in [0.1, 0.15) is 39.2 Å². The molecule has 5 heteroatoms. The van der Waals surface area contributed by atoms with Crippen molar-refractivity contribution in [1.82, 2.24) is 4.90 Å². The zero-order valence-corrected chi connectivity index (χ0v) is 16.3. The van der Waals surface area contributed by atoms with Crippen molar-refractivity contribution in [3.8, 4) is 0 Å². The summed E-state index contributed by atoms with van der Waals surface area (Å²) < 4.78 is 6.58. The van der Waals surface area contributed by atoms with E-state index >= 15 is 0 Å². The number of carbonyl (C=O) groups is 1. The number of amides is 1. The van der Waals surface area contributed by atoms with Crippen LogP contribution in [0.5, 0.6) is 0 Å². The predicted molar refractivity (Wildman–Crippen MR) is 98.1 cm³/mol. The van der Waals surface area contributed by atoms with Gasteiger partial charge in [-0.1, -0.05) is 6.07 Å². The summed E-state index contributed by atoms with van der Waals surface area (Å²) in [5.41, 5.74) is 2.01. The van der Waals surface area contributed by atoms with Gasteiger partial charge in [0.25, 0.3) is 0 Å². The highest BCUT2D eigenvalue weighted by atomic mass is 79.9. The molecule has 1 heterocycles. The summed E-state index contributed by atoms with van der Waals surface area (Å²) in [6.45, 7) is 9.29. The highest BCUT2D eigenvalue weighted by molar-refractivity contribution is 9.10. The molecule has 0 N–H and O–H groups in total. The van der Waals surface area contributed by atoms with Crippen LogP contribution in [0.25, 0.3) is 0 Å². The van der Waals surface area contributed by atoms with E-state index < -0.39 is 5.60 Å². The van der Waals surface area contributed by atoms with Crippen LogP contribution in [0.4, 0.5) is 10.5 Å². The van der Waals surface area contributed by atoms with Gasteiger partial charge in [-0.05, 0) is 74.2 Å². The summed E-state index contributed by atoms with van der Waals surface area (Å²) in [6.07, 6.45) is 1.71. The van der Waals surface area contributed by atoms with E-state index in [0.717, 1.165) is 30.4 Å². The van der Waals surface area contributed by atoms with Gasteiger partial charge in [-0.2, -0.15) is 0 Å². The molecular weight excluding hydrogens is 356 g/mol. The number of hydrogen-bond acceptors (Lipinski definition) is 3. The summed E-state index contributed by atoms with van der Waals surface area (Å²) in [5, 5.41) is 0. The number of hydrogen-bond donors (Lipinski definition) is 0. The van der Waals surface area contributed by atoms with Crippen molar-refractivity contribution in [2.45, 2.75) is 52.2 Å². The molecule has 0 aliphatic carbocycles. The first kappa shape index (κ1) is 18.1. The minimum absolute atomic E-state index is 0.199. The van der Waals surface area contributed by atoms with Gasteiger partial charge in [0, 0.05) is 30.7 Å². The number of anilines is 1. The summed E-state index contributed by atoms with van der Waals surface area (Å²) in [5.74, 6) is 0. The zero-order chi connectivity index (χ0) is 17.2. The summed E-state index contributed by atoms with van der Waals surface area (Å²) in [6, 6.07) is 6.86. The van der Waals surface area contributed by atoms with Crippen LogP contribution in [0, 0.1) is 6.92 Å². The van der Waals surface area contributed by atoms with E-state index in [2.05, 4.69) is 53.0 Å². The van der Waals surface area contributed by atoms with Crippen molar-refractivity contribution in [1.29, 1.82) is 0 Å². The van der Waals surface area contributed by atoms with Gasteiger partial charge in [-0.15, -0.1) is 0 Å². The maximum absolute atomic E-state index is 12.1. The van der Waals surface area contributed by atoms with Crippen molar-refractivity contribution >= 4 is 27.7 Å². The van der Waals surface area contributed by atoms with E-state index in [9.17, 15) is 4.79 Å². The van der Waals surface area contributed by atoms with Crippen molar-refractivity contribution in [2.75, 3.05) is 25.0 Å². The minimum Gasteiger partial charge on any atom is -0.444 e. The monoisotopic (exact) mass is 382 g/mol. The Labute approximate surface area is 147 Å². The molecule has 1 aliphatic heterocycles. The number of nitrogens with zero attached hydrogens (tertiary/aromatic N) is 2. The number of halogens is 1. The van der Waals surface area contributed by atoms with Gasteiger partial charge in [0.1, 0.15) is 5.60 Å². The van der Waals surface area contributed by atoms with E-state index in [1.54, 1.807) is 0 Å². The molecule has 1 fully saturated rings. The van der Waals surface area contributed by atoms with Gasteiger partial charge < -0.3 is 14.5 Å². The molecule has 4 nitrogen and oxygen atoms in total. The van der Waals surface area contributed by atoms with Crippen molar-refractivity contribution in [3.05, 3.63) is 28.2 Å². The van der Waals surface area contributed by atoms with Gasteiger partial charge in [0.05, 0.1) is 5.69 Å². The highest BCUT2D eigenvalue weighted by Gasteiger charge is 2.28. The normalized spacial score (nSPS) is 16.3. The van der Waals surface area contributed by atoms with Crippen LogP contribution >= 0.6 is 15.9 Å². The SMILES string of the molecule is Cc1ccc(N(C)C2CCN(C(=O)OC(C)(C)C)CC2)c(Br)c1. The number of ether oxygens (including phenoxy) is 1. The van der Waals surface area contributed by atoms with Gasteiger partial charge in [0.2, 0.25) is 0 Å². The molecule has 2 rings (SSSR count). The molecule has 0 unspecified atom stereocenters. The Morgan fingerprint density at radius 2 is 1.91 bits per heavy atom. The molecule has 0 spiro atoms. The van der Waals surface area contributed by atoms with E-state index in [0.29, 0.717) is 6.04 Å². The largest absolute Gasteiger partial charge is 0.444 e. The van der Waals surface area contributed by atoms with Crippen LogP contribution in [-0.2, 0) is 4.74 Å². The molecule has 1 aromatic rings.